The second-order valence-corrected chi connectivity index (χ2v) is 10.2. The smallest absolute Gasteiger partial charge is 0.305 e. The summed E-state index contributed by atoms with van der Waals surface area (Å²) in [5, 5.41) is 23.4. The Bertz CT molecular complexity index is 1030. The first-order valence-corrected chi connectivity index (χ1v) is 13.3. The van der Waals surface area contributed by atoms with Crippen LogP contribution in [0.25, 0.3) is 10.8 Å². The van der Waals surface area contributed by atoms with Gasteiger partial charge in [-0.3, -0.25) is 4.79 Å². The minimum atomic E-state index is -1.63. The minimum absolute atomic E-state index is 0.111. The Morgan fingerprint density at radius 2 is 1.57 bits per heavy atom. The van der Waals surface area contributed by atoms with Gasteiger partial charge in [-0.25, -0.2) is 4.21 Å². The summed E-state index contributed by atoms with van der Waals surface area (Å²) < 4.78 is 28.6. The number of phenolic OH excluding ortho intramolecular Hbond substituents is 2. The van der Waals surface area contributed by atoms with Gasteiger partial charge in [0.05, 0.1) is 47.3 Å². The van der Waals surface area contributed by atoms with Crippen LogP contribution in [0, 0.1) is 5.92 Å². The molecule has 8 heteroatoms. The quantitative estimate of drug-likeness (QED) is 0.168. The number of rotatable bonds is 15. The summed E-state index contributed by atoms with van der Waals surface area (Å²) >= 11 is 0. The molecule has 0 saturated heterocycles. The molecule has 2 N–H and O–H groups in total. The number of aromatic hydroxyl groups is 2. The van der Waals surface area contributed by atoms with Gasteiger partial charge in [0.1, 0.15) is 23.0 Å². The molecule has 0 spiro atoms. The lowest BCUT2D eigenvalue weighted by Crippen LogP contribution is -2.09. The molecule has 35 heavy (non-hydrogen) atoms. The zero-order valence-corrected chi connectivity index (χ0v) is 22.0. The Balaban J connectivity index is 1.80. The molecule has 0 aliphatic heterocycles. The third kappa shape index (κ3) is 8.46. The molecule has 0 radical (unpaired) electrons. The summed E-state index contributed by atoms with van der Waals surface area (Å²) in [7, 11) is 1.30. The van der Waals surface area contributed by atoms with Gasteiger partial charge in [0.25, 0.3) is 0 Å². The van der Waals surface area contributed by atoms with Crippen LogP contribution in [0.3, 0.4) is 0 Å². The van der Waals surface area contributed by atoms with Crippen molar-refractivity contribution in [1.29, 1.82) is 0 Å². The van der Waals surface area contributed by atoms with Crippen molar-refractivity contribution in [1.82, 2.24) is 0 Å². The van der Waals surface area contributed by atoms with E-state index in [9.17, 15) is 19.2 Å². The van der Waals surface area contributed by atoms with E-state index in [4.69, 9.17) is 14.2 Å². The van der Waals surface area contributed by atoms with E-state index >= 15 is 0 Å². The maximum atomic E-state index is 12.8. The van der Waals surface area contributed by atoms with Crippen molar-refractivity contribution in [3.63, 3.8) is 0 Å². The third-order valence-electron chi connectivity index (χ3n) is 5.58. The normalized spacial score (nSPS) is 12.4. The second-order valence-electron chi connectivity index (χ2n) is 8.87. The Labute approximate surface area is 210 Å². The molecule has 0 bridgehead atoms. The number of phenols is 2. The van der Waals surface area contributed by atoms with Crippen LogP contribution >= 0.6 is 0 Å². The lowest BCUT2D eigenvalue weighted by atomic mass is 10.1. The molecule has 2 rings (SSSR count). The fourth-order valence-corrected chi connectivity index (χ4v) is 4.71. The Kier molecular flexibility index (Phi) is 11.9. The van der Waals surface area contributed by atoms with E-state index in [1.54, 1.807) is 12.1 Å². The van der Waals surface area contributed by atoms with E-state index in [1.165, 1.54) is 25.7 Å². The number of hydrogen-bond acceptors (Lipinski definition) is 7. The summed E-state index contributed by atoms with van der Waals surface area (Å²) in [6, 6.07) is 4.57. The van der Waals surface area contributed by atoms with Crippen molar-refractivity contribution in [2.45, 2.75) is 70.1 Å². The summed E-state index contributed by atoms with van der Waals surface area (Å²) in [6.45, 7) is 4.53. The largest absolute Gasteiger partial charge is 0.507 e. The highest BCUT2D eigenvalue weighted by molar-refractivity contribution is 7.88. The van der Waals surface area contributed by atoms with Gasteiger partial charge in [-0.15, -0.1) is 0 Å². The molecule has 0 aromatic heterocycles. The van der Waals surface area contributed by atoms with E-state index in [0.717, 1.165) is 44.9 Å². The van der Waals surface area contributed by atoms with Crippen molar-refractivity contribution in [3.8, 4) is 23.0 Å². The van der Waals surface area contributed by atoms with Crippen LogP contribution in [0.1, 0.15) is 65.2 Å². The number of unbranched alkanes of at least 4 members (excludes halogenated alkanes) is 6. The SMILES string of the molecule is COc1ccc(OC)c2c(O)c(S(=O)C=CCCCCCCCCC(=O)OCC(C)C)cc(O)c12. The van der Waals surface area contributed by atoms with Crippen LogP contribution in [0.5, 0.6) is 23.0 Å². The molecule has 1 unspecified atom stereocenters. The van der Waals surface area contributed by atoms with Gasteiger partial charge in [0.2, 0.25) is 0 Å². The third-order valence-corrected chi connectivity index (χ3v) is 6.76. The average molecular weight is 507 g/mol. The number of carbonyl (C=O) groups excluding carboxylic acids is 1. The Hall–Kier alpha value is -2.74. The van der Waals surface area contributed by atoms with Crippen molar-refractivity contribution < 1.29 is 33.4 Å². The molecule has 0 aliphatic rings. The summed E-state index contributed by atoms with van der Waals surface area (Å²) in [4.78, 5) is 11.7. The molecule has 1 atom stereocenters. The maximum Gasteiger partial charge on any atom is 0.305 e. The Morgan fingerprint density at radius 3 is 2.20 bits per heavy atom. The number of methoxy groups -OCH3 is 2. The molecule has 2 aromatic rings. The molecule has 0 fully saturated rings. The molecule has 194 valence electrons. The summed E-state index contributed by atoms with van der Waals surface area (Å²) in [5.41, 5.74) is 0. The first kappa shape index (κ1) is 28.5. The van der Waals surface area contributed by atoms with Crippen molar-refractivity contribution in [2.24, 2.45) is 5.92 Å². The summed E-state index contributed by atoms with van der Waals surface area (Å²) in [5.74, 6) is 0.642. The number of carbonyl (C=O) groups is 1. The molecular formula is C27H38O7S. The first-order chi connectivity index (χ1) is 16.8. The fourth-order valence-electron chi connectivity index (χ4n) is 3.73. The van der Waals surface area contributed by atoms with Crippen LogP contribution in [-0.4, -0.2) is 41.2 Å². The molecule has 7 nitrogen and oxygen atoms in total. The van der Waals surface area contributed by atoms with E-state index in [0.29, 0.717) is 35.8 Å². The zero-order valence-electron chi connectivity index (χ0n) is 21.2. The lowest BCUT2D eigenvalue weighted by molar-refractivity contribution is -0.144. The molecule has 0 amide bonds. The van der Waals surface area contributed by atoms with Crippen molar-refractivity contribution >= 4 is 27.5 Å². The van der Waals surface area contributed by atoms with Crippen molar-refractivity contribution in [3.05, 3.63) is 29.7 Å². The van der Waals surface area contributed by atoms with Crippen LogP contribution in [0.4, 0.5) is 0 Å². The topological polar surface area (TPSA) is 102 Å². The second kappa shape index (κ2) is 14.6. The van der Waals surface area contributed by atoms with E-state index < -0.39 is 10.8 Å². The predicted molar refractivity (Wildman–Crippen MR) is 139 cm³/mol. The highest BCUT2D eigenvalue weighted by atomic mass is 32.2. The zero-order chi connectivity index (χ0) is 25.8. The molecular weight excluding hydrogens is 468 g/mol. The number of esters is 1. The van der Waals surface area contributed by atoms with Gasteiger partial charge in [-0.1, -0.05) is 45.6 Å². The van der Waals surface area contributed by atoms with Gasteiger partial charge in [0, 0.05) is 17.9 Å². The van der Waals surface area contributed by atoms with Gasteiger partial charge < -0.3 is 24.4 Å². The fraction of sp³-hybridized carbons (Fsp3) is 0.519. The number of allylic oxidation sites excluding steroid dienone is 1. The van der Waals surface area contributed by atoms with Gasteiger partial charge in [-0.2, -0.15) is 0 Å². The van der Waals surface area contributed by atoms with E-state index in [2.05, 4.69) is 0 Å². The average Bonchev–Trinajstić information content (AvgIpc) is 2.84. The molecule has 0 aliphatic carbocycles. The van der Waals surface area contributed by atoms with Crippen LogP contribution in [-0.2, 0) is 20.3 Å². The first-order valence-electron chi connectivity index (χ1n) is 12.1. The van der Waals surface area contributed by atoms with Crippen molar-refractivity contribution in [2.75, 3.05) is 20.8 Å². The van der Waals surface area contributed by atoms with Gasteiger partial charge >= 0.3 is 5.97 Å². The van der Waals surface area contributed by atoms with Crippen LogP contribution in [0.15, 0.2) is 34.6 Å². The monoisotopic (exact) mass is 506 g/mol. The standard InChI is InChI=1S/C27H38O7S/c1-19(2)18-34-24(29)13-11-9-7-5-6-8-10-12-16-35(31)23-17-20(28)25-21(32-3)14-15-22(33-4)26(25)27(23)30/h12,14-17,19,28,30H,5-11,13,18H2,1-4H3. The Morgan fingerprint density at radius 1 is 0.971 bits per heavy atom. The number of benzene rings is 2. The number of hydrogen-bond donors (Lipinski definition) is 2. The predicted octanol–water partition coefficient (Wildman–Crippen LogP) is 6.21. The number of ether oxygens (including phenoxy) is 3. The summed E-state index contributed by atoms with van der Waals surface area (Å²) in [6.07, 6.45) is 9.12. The van der Waals surface area contributed by atoms with Gasteiger partial charge in [0.15, 0.2) is 0 Å². The molecule has 2 aromatic carbocycles. The van der Waals surface area contributed by atoms with Crippen LogP contribution in [0.2, 0.25) is 0 Å². The maximum absolute atomic E-state index is 12.8. The van der Waals surface area contributed by atoms with Crippen LogP contribution < -0.4 is 9.47 Å². The number of fused-ring (bicyclic) bond motifs is 1. The molecule has 0 heterocycles. The van der Waals surface area contributed by atoms with E-state index in [-0.39, 0.29) is 27.8 Å². The van der Waals surface area contributed by atoms with Gasteiger partial charge in [-0.05, 0) is 37.3 Å². The molecule has 0 saturated carbocycles. The highest BCUT2D eigenvalue weighted by Gasteiger charge is 2.21. The lowest BCUT2D eigenvalue weighted by Gasteiger charge is -2.14. The minimum Gasteiger partial charge on any atom is -0.507 e. The van der Waals surface area contributed by atoms with E-state index in [1.807, 2.05) is 19.9 Å². The highest BCUT2D eigenvalue weighted by Crippen LogP contribution is 2.46.